The predicted molar refractivity (Wildman–Crippen MR) is 124 cm³/mol. The molecule has 2 aromatic carbocycles. The van der Waals surface area contributed by atoms with Crippen LogP contribution in [0.25, 0.3) is 11.0 Å². The number of hydrogen-bond acceptors (Lipinski definition) is 6. The van der Waals surface area contributed by atoms with Crippen LogP contribution in [0.5, 0.6) is 5.75 Å². The van der Waals surface area contributed by atoms with Gasteiger partial charge in [0.05, 0.1) is 29.0 Å². The largest absolute Gasteiger partial charge is 0.491 e. The van der Waals surface area contributed by atoms with Crippen molar-refractivity contribution in [2.45, 2.75) is 31.9 Å². The third-order valence-electron chi connectivity index (χ3n) is 6.41. The van der Waals surface area contributed by atoms with Crippen molar-refractivity contribution < 1.29 is 23.8 Å². The number of para-hydroxylation sites is 1. The first-order valence-electron chi connectivity index (χ1n) is 11.1. The van der Waals surface area contributed by atoms with E-state index in [4.69, 9.17) is 30.6 Å². The Hall–Kier alpha value is -3.03. The summed E-state index contributed by atoms with van der Waals surface area (Å²) in [5.41, 5.74) is 2.64. The second-order valence-electron chi connectivity index (χ2n) is 8.45. The van der Waals surface area contributed by atoms with Gasteiger partial charge in [-0.1, -0.05) is 23.7 Å². The molecule has 2 heterocycles. The molecule has 1 N–H and O–H groups in total. The number of halogens is 1. The van der Waals surface area contributed by atoms with E-state index in [2.05, 4.69) is 0 Å². The van der Waals surface area contributed by atoms with Crippen LogP contribution in [0.2, 0.25) is 5.02 Å². The summed E-state index contributed by atoms with van der Waals surface area (Å²) in [5, 5.41) is 9.97. The molecule has 1 aromatic heterocycles. The lowest BCUT2D eigenvalue weighted by atomic mass is 9.82. The van der Waals surface area contributed by atoms with Crippen molar-refractivity contribution >= 4 is 34.4 Å². The lowest BCUT2D eigenvalue weighted by Gasteiger charge is -2.33. The molecule has 2 atom stereocenters. The Morgan fingerprint density at radius 2 is 2.03 bits per heavy atom. The zero-order valence-corrected chi connectivity index (χ0v) is 18.7. The van der Waals surface area contributed by atoms with E-state index in [1.807, 2.05) is 23.1 Å². The summed E-state index contributed by atoms with van der Waals surface area (Å²) in [6.45, 7) is 2.06. The van der Waals surface area contributed by atoms with Crippen molar-refractivity contribution in [2.24, 2.45) is 5.92 Å². The van der Waals surface area contributed by atoms with Crippen LogP contribution in [0.15, 0.2) is 51.7 Å². The fourth-order valence-corrected chi connectivity index (χ4v) is 4.62. The normalized spacial score (nSPS) is 19.7. The molecule has 2 unspecified atom stereocenters. The van der Waals surface area contributed by atoms with E-state index in [0.717, 1.165) is 24.2 Å². The summed E-state index contributed by atoms with van der Waals surface area (Å²) in [5.74, 6) is 0.0966. The van der Waals surface area contributed by atoms with Crippen LogP contribution < -0.4 is 15.1 Å². The molecule has 0 radical (unpaired) electrons. The average Bonchev–Trinajstić information content (AvgIpc) is 2.78. The van der Waals surface area contributed by atoms with Crippen molar-refractivity contribution in [3.63, 3.8) is 0 Å². The Balaban J connectivity index is 1.21. The molecule has 7 nitrogen and oxygen atoms in total. The van der Waals surface area contributed by atoms with E-state index in [1.165, 1.54) is 11.6 Å². The number of hydrogen-bond donors (Lipinski definition) is 1. The first-order chi connectivity index (χ1) is 16.0. The van der Waals surface area contributed by atoms with E-state index >= 15 is 0 Å². The van der Waals surface area contributed by atoms with Crippen LogP contribution in [0.1, 0.15) is 24.0 Å². The van der Waals surface area contributed by atoms with Gasteiger partial charge in [0.15, 0.2) is 16.9 Å². The van der Waals surface area contributed by atoms with Gasteiger partial charge >= 0.3 is 5.97 Å². The molecule has 1 fully saturated rings. The molecule has 0 spiro atoms. The molecular weight excluding hydrogens is 446 g/mol. The summed E-state index contributed by atoms with van der Waals surface area (Å²) in [6, 6.07) is 12.7. The number of nitrogens with zero attached hydrogens (tertiary/aromatic N) is 1. The van der Waals surface area contributed by atoms with Crippen LogP contribution >= 0.6 is 11.6 Å². The topological polar surface area (TPSA) is 89.2 Å². The second kappa shape index (κ2) is 9.08. The van der Waals surface area contributed by atoms with Gasteiger partial charge in [0.2, 0.25) is 0 Å². The van der Waals surface area contributed by atoms with Crippen LogP contribution in [-0.4, -0.2) is 36.9 Å². The van der Waals surface area contributed by atoms with E-state index < -0.39 is 5.97 Å². The minimum Gasteiger partial charge on any atom is -0.491 e. The average molecular weight is 470 g/mol. The van der Waals surface area contributed by atoms with Crippen molar-refractivity contribution in [3.05, 3.63) is 68.8 Å². The van der Waals surface area contributed by atoms with Crippen molar-refractivity contribution in [2.75, 3.05) is 24.7 Å². The maximum absolute atomic E-state index is 12.5. The Morgan fingerprint density at radius 1 is 1.15 bits per heavy atom. The highest BCUT2D eigenvalue weighted by Crippen LogP contribution is 2.31. The molecule has 1 aliphatic heterocycles. The summed E-state index contributed by atoms with van der Waals surface area (Å²) >= 11 is 6.24. The number of carboxylic acid groups (broad SMARTS) is 1. The Bertz CT molecular complexity index is 1260. The highest BCUT2D eigenvalue weighted by Gasteiger charge is 2.37. The number of aliphatic carboxylic acids is 1. The van der Waals surface area contributed by atoms with Crippen LogP contribution in [0.3, 0.4) is 0 Å². The van der Waals surface area contributed by atoms with Gasteiger partial charge in [-0.2, -0.15) is 0 Å². The summed E-state index contributed by atoms with van der Waals surface area (Å²) in [4.78, 5) is 25.6. The first-order valence-corrected chi connectivity index (χ1v) is 11.4. The molecule has 33 heavy (non-hydrogen) atoms. The smallest absolute Gasteiger partial charge is 0.309 e. The number of ether oxygens (including phenoxy) is 2. The van der Waals surface area contributed by atoms with E-state index in [9.17, 15) is 9.59 Å². The Kier molecular flexibility index (Phi) is 6.00. The van der Waals surface area contributed by atoms with Crippen molar-refractivity contribution in [1.82, 2.24) is 0 Å². The maximum Gasteiger partial charge on any atom is 0.309 e. The number of anilines is 1. The van der Waals surface area contributed by atoms with Crippen molar-refractivity contribution in [3.8, 4) is 5.75 Å². The minimum absolute atomic E-state index is 0.109. The SMILES string of the molecule is O=C(O)C1CCC1OCCOc1ccc2c(c1)CCN(c1cc(=O)c3cccc(Cl)c3o1)C2. The van der Waals surface area contributed by atoms with E-state index in [1.54, 1.807) is 18.2 Å². The lowest BCUT2D eigenvalue weighted by Crippen LogP contribution is -2.40. The fraction of sp³-hybridized carbons (Fsp3) is 0.360. The highest BCUT2D eigenvalue weighted by molar-refractivity contribution is 6.34. The molecule has 1 aliphatic carbocycles. The van der Waals surface area contributed by atoms with Crippen LogP contribution in [-0.2, 0) is 22.5 Å². The van der Waals surface area contributed by atoms with Gasteiger partial charge in [-0.3, -0.25) is 9.59 Å². The molecule has 3 aromatic rings. The fourth-order valence-electron chi connectivity index (χ4n) is 4.40. The van der Waals surface area contributed by atoms with E-state index in [0.29, 0.717) is 54.6 Å². The van der Waals surface area contributed by atoms with Gasteiger partial charge in [0.25, 0.3) is 0 Å². The number of carboxylic acids is 1. The predicted octanol–water partition coefficient (Wildman–Crippen LogP) is 4.27. The lowest BCUT2D eigenvalue weighted by molar-refractivity contribution is -0.156. The van der Waals surface area contributed by atoms with Gasteiger partial charge < -0.3 is 23.9 Å². The zero-order valence-electron chi connectivity index (χ0n) is 18.0. The molecule has 172 valence electrons. The third kappa shape index (κ3) is 4.43. The number of rotatable bonds is 7. The summed E-state index contributed by atoms with van der Waals surface area (Å²) < 4.78 is 17.4. The number of benzene rings is 2. The van der Waals surface area contributed by atoms with Crippen molar-refractivity contribution in [1.29, 1.82) is 0 Å². The highest BCUT2D eigenvalue weighted by atomic mass is 35.5. The maximum atomic E-state index is 12.5. The van der Waals surface area contributed by atoms with Gasteiger partial charge in [0.1, 0.15) is 12.4 Å². The zero-order chi connectivity index (χ0) is 22.9. The second-order valence-corrected chi connectivity index (χ2v) is 8.85. The molecular formula is C25H24ClNO6. The molecule has 0 saturated heterocycles. The van der Waals surface area contributed by atoms with Crippen LogP contribution in [0, 0.1) is 5.92 Å². The summed E-state index contributed by atoms with van der Waals surface area (Å²) in [7, 11) is 0. The number of carbonyl (C=O) groups is 1. The molecule has 5 rings (SSSR count). The third-order valence-corrected chi connectivity index (χ3v) is 6.71. The summed E-state index contributed by atoms with van der Waals surface area (Å²) in [6.07, 6.45) is 2.05. The molecule has 1 saturated carbocycles. The molecule has 0 bridgehead atoms. The van der Waals surface area contributed by atoms with Crippen LogP contribution in [0.4, 0.5) is 5.88 Å². The molecule has 8 heteroatoms. The number of fused-ring (bicyclic) bond motifs is 2. The minimum atomic E-state index is -0.790. The van der Waals surface area contributed by atoms with Gasteiger partial charge in [-0.05, 0) is 54.7 Å². The standard InChI is InChI=1S/C25H24ClNO6/c26-20-3-1-2-18-21(28)13-23(33-24(18)20)27-9-8-15-12-17(5-4-16(15)14-27)31-10-11-32-22-7-6-19(22)25(29)30/h1-5,12-13,19,22H,6-11,14H2,(H,29,30). The first kappa shape index (κ1) is 21.8. The Labute approximate surface area is 195 Å². The quantitative estimate of drug-likeness (QED) is 0.517. The van der Waals surface area contributed by atoms with E-state index in [-0.39, 0.29) is 17.5 Å². The van der Waals surface area contributed by atoms with Gasteiger partial charge in [-0.15, -0.1) is 0 Å². The molecule has 0 amide bonds. The van der Waals surface area contributed by atoms with Gasteiger partial charge in [0, 0.05) is 19.2 Å². The monoisotopic (exact) mass is 469 g/mol. The Morgan fingerprint density at radius 3 is 2.82 bits per heavy atom. The molecule has 2 aliphatic rings. The van der Waals surface area contributed by atoms with Gasteiger partial charge in [-0.25, -0.2) is 0 Å².